The highest BCUT2D eigenvalue weighted by atomic mass is 16.5. The molecule has 6 heteroatoms. The lowest BCUT2D eigenvalue weighted by atomic mass is 10.0. The maximum absolute atomic E-state index is 12.2. The van der Waals surface area contributed by atoms with Crippen LogP contribution in [0.25, 0.3) is 0 Å². The second-order valence-electron chi connectivity index (χ2n) is 5.38. The Bertz CT molecular complexity index is 800. The third-order valence-corrected chi connectivity index (χ3v) is 4.01. The second kappa shape index (κ2) is 8.19. The second-order valence-corrected chi connectivity index (χ2v) is 5.38. The number of carbonyl (C=O) groups excluding carboxylic acids is 1. The molecule has 1 amide bonds. The molecule has 0 spiro atoms. The van der Waals surface area contributed by atoms with Crippen molar-refractivity contribution in [2.75, 3.05) is 21.3 Å². The molecular formula is C19H22N2O4. The average Bonchev–Trinajstić information content (AvgIpc) is 2.64. The van der Waals surface area contributed by atoms with Crippen molar-refractivity contribution in [1.82, 2.24) is 5.43 Å². The maximum Gasteiger partial charge on any atom is 0.271 e. The lowest BCUT2D eigenvalue weighted by molar-refractivity contribution is 0.0954. The highest BCUT2D eigenvalue weighted by Gasteiger charge is 2.10. The lowest BCUT2D eigenvalue weighted by Crippen LogP contribution is -2.17. The fourth-order valence-electron chi connectivity index (χ4n) is 2.38. The topological polar surface area (TPSA) is 69.2 Å². The van der Waals surface area contributed by atoms with Crippen LogP contribution in [-0.2, 0) is 0 Å². The summed E-state index contributed by atoms with van der Waals surface area (Å²) in [4.78, 5) is 12.2. The number of benzene rings is 2. The minimum absolute atomic E-state index is 0.333. The van der Waals surface area contributed by atoms with Gasteiger partial charge in [0.25, 0.3) is 5.91 Å². The molecule has 132 valence electrons. The largest absolute Gasteiger partial charge is 0.496 e. The number of amides is 1. The van der Waals surface area contributed by atoms with Crippen LogP contribution in [0.4, 0.5) is 0 Å². The molecule has 0 bridgehead atoms. The van der Waals surface area contributed by atoms with E-state index >= 15 is 0 Å². The van der Waals surface area contributed by atoms with Gasteiger partial charge in [-0.2, -0.15) is 5.10 Å². The van der Waals surface area contributed by atoms with Gasteiger partial charge in [0, 0.05) is 5.56 Å². The van der Waals surface area contributed by atoms with Gasteiger partial charge in [-0.3, -0.25) is 4.79 Å². The summed E-state index contributed by atoms with van der Waals surface area (Å²) >= 11 is 0. The first-order chi connectivity index (χ1) is 12.0. The molecule has 2 aromatic rings. The van der Waals surface area contributed by atoms with Crippen molar-refractivity contribution >= 4 is 12.1 Å². The smallest absolute Gasteiger partial charge is 0.271 e. The van der Waals surface area contributed by atoms with Crippen LogP contribution in [0.3, 0.4) is 0 Å². The van der Waals surface area contributed by atoms with E-state index in [4.69, 9.17) is 14.2 Å². The van der Waals surface area contributed by atoms with Crippen molar-refractivity contribution in [2.45, 2.75) is 13.8 Å². The molecule has 25 heavy (non-hydrogen) atoms. The monoisotopic (exact) mass is 342 g/mol. The zero-order chi connectivity index (χ0) is 18.4. The number of hydrazone groups is 1. The summed E-state index contributed by atoms with van der Waals surface area (Å²) in [6, 6.07) is 8.70. The normalized spacial score (nSPS) is 10.6. The Hall–Kier alpha value is -3.02. The van der Waals surface area contributed by atoms with Gasteiger partial charge in [0.15, 0.2) is 11.5 Å². The third-order valence-electron chi connectivity index (χ3n) is 4.01. The fourth-order valence-corrected chi connectivity index (χ4v) is 2.38. The van der Waals surface area contributed by atoms with Crippen molar-refractivity contribution in [1.29, 1.82) is 0 Å². The Morgan fingerprint density at radius 3 is 2.20 bits per heavy atom. The molecule has 6 nitrogen and oxygen atoms in total. The molecule has 0 aliphatic rings. The average molecular weight is 342 g/mol. The predicted octanol–water partition coefficient (Wildman–Crippen LogP) is 3.09. The fraction of sp³-hybridized carbons (Fsp3) is 0.263. The Morgan fingerprint density at radius 1 is 0.920 bits per heavy atom. The first-order valence-corrected chi connectivity index (χ1v) is 7.71. The number of nitrogens with zero attached hydrogens (tertiary/aromatic N) is 1. The number of nitrogens with one attached hydrogen (secondary N) is 1. The number of rotatable bonds is 6. The van der Waals surface area contributed by atoms with Gasteiger partial charge in [0.1, 0.15) is 5.75 Å². The van der Waals surface area contributed by atoms with Gasteiger partial charge < -0.3 is 14.2 Å². The van der Waals surface area contributed by atoms with E-state index in [0.717, 1.165) is 22.4 Å². The molecule has 0 aliphatic carbocycles. The minimum atomic E-state index is -0.333. The Balaban J connectivity index is 2.12. The quantitative estimate of drug-likeness (QED) is 0.647. The van der Waals surface area contributed by atoms with Crippen LogP contribution in [0.2, 0.25) is 0 Å². The first kappa shape index (κ1) is 18.3. The number of methoxy groups -OCH3 is 3. The van der Waals surface area contributed by atoms with E-state index in [-0.39, 0.29) is 5.91 Å². The van der Waals surface area contributed by atoms with Crippen molar-refractivity contribution in [2.24, 2.45) is 5.10 Å². The Morgan fingerprint density at radius 2 is 1.56 bits per heavy atom. The molecule has 1 N–H and O–H groups in total. The van der Waals surface area contributed by atoms with E-state index in [1.54, 1.807) is 38.6 Å². The van der Waals surface area contributed by atoms with Crippen molar-refractivity contribution in [3.05, 3.63) is 52.6 Å². The van der Waals surface area contributed by atoms with Gasteiger partial charge in [-0.15, -0.1) is 0 Å². The summed E-state index contributed by atoms with van der Waals surface area (Å²) in [5.41, 5.74) is 5.94. The molecule has 0 atom stereocenters. The molecule has 0 unspecified atom stereocenters. The van der Waals surface area contributed by atoms with Gasteiger partial charge in [0.05, 0.1) is 27.5 Å². The zero-order valence-electron chi connectivity index (χ0n) is 15.0. The SMILES string of the molecule is COc1ccc(C(=O)N/N=C/c2ccc(OC)c(C)c2C)cc1OC. The molecule has 0 aliphatic heterocycles. The zero-order valence-corrected chi connectivity index (χ0v) is 15.0. The Kier molecular flexibility index (Phi) is 6.00. The molecule has 0 radical (unpaired) electrons. The molecule has 0 saturated heterocycles. The van der Waals surface area contributed by atoms with Crippen LogP contribution in [0.15, 0.2) is 35.4 Å². The summed E-state index contributed by atoms with van der Waals surface area (Å²) in [7, 11) is 4.70. The maximum atomic E-state index is 12.2. The van der Waals surface area contributed by atoms with Crippen LogP contribution >= 0.6 is 0 Å². The van der Waals surface area contributed by atoms with E-state index in [0.29, 0.717) is 17.1 Å². The minimum Gasteiger partial charge on any atom is -0.496 e. The van der Waals surface area contributed by atoms with E-state index in [1.807, 2.05) is 26.0 Å². The Labute approximate surface area is 147 Å². The van der Waals surface area contributed by atoms with Crippen LogP contribution < -0.4 is 19.6 Å². The van der Waals surface area contributed by atoms with E-state index < -0.39 is 0 Å². The van der Waals surface area contributed by atoms with Crippen LogP contribution in [0, 0.1) is 13.8 Å². The molecule has 2 rings (SSSR count). The molecule has 0 heterocycles. The molecular weight excluding hydrogens is 320 g/mol. The van der Waals surface area contributed by atoms with Gasteiger partial charge in [0.2, 0.25) is 0 Å². The predicted molar refractivity (Wildman–Crippen MR) is 97.1 cm³/mol. The van der Waals surface area contributed by atoms with Crippen molar-refractivity contribution in [3.63, 3.8) is 0 Å². The summed E-state index contributed by atoms with van der Waals surface area (Å²) in [5.74, 6) is 1.54. The standard InChI is InChI=1S/C19H22N2O4/c1-12-13(2)16(23-3)8-7-15(12)11-20-21-19(22)14-6-9-17(24-4)18(10-14)25-5/h6-11H,1-5H3,(H,21,22)/b20-11+. The van der Waals surface area contributed by atoms with Gasteiger partial charge in [-0.05, 0) is 60.9 Å². The first-order valence-electron chi connectivity index (χ1n) is 7.71. The van der Waals surface area contributed by atoms with Crippen LogP contribution in [-0.4, -0.2) is 33.5 Å². The van der Waals surface area contributed by atoms with E-state index in [2.05, 4.69) is 10.5 Å². The number of hydrogen-bond donors (Lipinski definition) is 1. The molecule has 0 aromatic heterocycles. The summed E-state index contributed by atoms with van der Waals surface area (Å²) < 4.78 is 15.6. The summed E-state index contributed by atoms with van der Waals surface area (Å²) in [6.45, 7) is 3.96. The van der Waals surface area contributed by atoms with Gasteiger partial charge in [-0.1, -0.05) is 0 Å². The molecule has 2 aromatic carbocycles. The number of ether oxygens (including phenoxy) is 3. The van der Waals surface area contributed by atoms with Crippen LogP contribution in [0.5, 0.6) is 17.2 Å². The van der Waals surface area contributed by atoms with Crippen molar-refractivity contribution in [3.8, 4) is 17.2 Å². The van der Waals surface area contributed by atoms with Gasteiger partial charge in [-0.25, -0.2) is 5.43 Å². The third kappa shape index (κ3) is 4.09. The molecule has 0 fully saturated rings. The highest BCUT2D eigenvalue weighted by Crippen LogP contribution is 2.27. The van der Waals surface area contributed by atoms with Crippen molar-refractivity contribution < 1.29 is 19.0 Å². The highest BCUT2D eigenvalue weighted by molar-refractivity contribution is 5.95. The summed E-state index contributed by atoms with van der Waals surface area (Å²) in [5, 5.41) is 4.04. The molecule has 0 saturated carbocycles. The van der Waals surface area contributed by atoms with E-state index in [1.165, 1.54) is 7.11 Å². The number of carbonyl (C=O) groups is 1. The van der Waals surface area contributed by atoms with E-state index in [9.17, 15) is 4.79 Å². The summed E-state index contributed by atoms with van der Waals surface area (Å²) in [6.07, 6.45) is 1.61. The lowest BCUT2D eigenvalue weighted by Gasteiger charge is -2.10. The number of hydrogen-bond acceptors (Lipinski definition) is 5. The van der Waals surface area contributed by atoms with Crippen LogP contribution in [0.1, 0.15) is 27.0 Å². The van der Waals surface area contributed by atoms with Gasteiger partial charge >= 0.3 is 0 Å².